The molecular formula is C104H76BBrO2. The summed E-state index contributed by atoms with van der Waals surface area (Å²) in [5.41, 5.74) is 18.7. The third kappa shape index (κ3) is 9.72. The molecule has 1 saturated heterocycles. The van der Waals surface area contributed by atoms with Gasteiger partial charge in [0.05, 0.1) is 11.2 Å². The third-order valence-electron chi connectivity index (χ3n) is 25.4. The van der Waals surface area contributed by atoms with Crippen molar-refractivity contribution < 1.29 is 9.31 Å². The first-order valence-electron chi connectivity index (χ1n) is 38.0. The molecule has 1 fully saturated rings. The van der Waals surface area contributed by atoms with E-state index in [0.29, 0.717) is 0 Å². The molecule has 0 atom stereocenters. The van der Waals surface area contributed by atoms with Gasteiger partial charge in [-0.15, -0.1) is 0 Å². The molecule has 2 nitrogen and oxygen atoms in total. The summed E-state index contributed by atoms with van der Waals surface area (Å²) in [5, 5.41) is 31.9. The van der Waals surface area contributed by atoms with E-state index >= 15 is 0 Å². The van der Waals surface area contributed by atoms with E-state index < -0.39 is 0 Å². The van der Waals surface area contributed by atoms with E-state index in [0.717, 1.165) is 9.94 Å². The second-order valence-corrected chi connectivity index (χ2v) is 33.4. The zero-order chi connectivity index (χ0) is 72.9. The number of rotatable bonds is 4. The van der Waals surface area contributed by atoms with Crippen LogP contribution < -0.4 is 5.46 Å². The van der Waals surface area contributed by atoms with Gasteiger partial charge < -0.3 is 9.31 Å². The maximum atomic E-state index is 6.39. The van der Waals surface area contributed by atoms with Crippen LogP contribution in [0.3, 0.4) is 0 Å². The van der Waals surface area contributed by atoms with E-state index in [1.54, 1.807) is 0 Å². The van der Waals surface area contributed by atoms with E-state index in [2.05, 4.69) is 387 Å². The Kier molecular flexibility index (Phi) is 14.3. The molecule has 0 N–H and O–H groups in total. The topological polar surface area (TPSA) is 18.5 Å². The van der Waals surface area contributed by atoms with Crippen LogP contribution in [0.5, 0.6) is 0 Å². The van der Waals surface area contributed by atoms with E-state index in [9.17, 15) is 0 Å². The Bertz CT molecular complexity index is 7140. The highest BCUT2D eigenvalue weighted by Gasteiger charge is 2.52. The Labute approximate surface area is 637 Å². The second-order valence-electron chi connectivity index (χ2n) is 32.5. The number of hydrogen-bond donors (Lipinski definition) is 0. The Balaban J connectivity index is 0.000000111. The van der Waals surface area contributed by atoms with Gasteiger partial charge >= 0.3 is 7.12 Å². The number of benzene rings is 20. The molecule has 23 rings (SSSR count). The van der Waals surface area contributed by atoms with Gasteiger partial charge in [-0.05, 0) is 283 Å². The second kappa shape index (κ2) is 23.8. The molecule has 20 aromatic carbocycles. The van der Waals surface area contributed by atoms with Crippen molar-refractivity contribution in [2.45, 2.75) is 77.4 Å². The Morgan fingerprint density at radius 2 is 0.528 bits per heavy atom. The Morgan fingerprint density at radius 1 is 0.222 bits per heavy atom. The van der Waals surface area contributed by atoms with Gasteiger partial charge in [-0.2, -0.15) is 0 Å². The maximum absolute atomic E-state index is 6.39. The van der Waals surface area contributed by atoms with Gasteiger partial charge in [-0.1, -0.05) is 317 Å². The van der Waals surface area contributed by atoms with Crippen LogP contribution in [0.15, 0.2) is 320 Å². The highest BCUT2D eigenvalue weighted by Crippen LogP contribution is 2.55. The van der Waals surface area contributed by atoms with Crippen LogP contribution in [0, 0.1) is 0 Å². The van der Waals surface area contributed by atoms with Crippen molar-refractivity contribution in [1.82, 2.24) is 0 Å². The fraction of sp³-hybridized carbons (Fsp3) is 0.115. The first kappa shape index (κ1) is 64.9. The molecule has 514 valence electrons. The lowest BCUT2D eigenvalue weighted by Crippen LogP contribution is -2.41. The molecule has 3 aliphatic rings. The Hall–Kier alpha value is -11.5. The van der Waals surface area contributed by atoms with Crippen molar-refractivity contribution in [3.05, 3.63) is 342 Å². The van der Waals surface area contributed by atoms with Crippen molar-refractivity contribution in [3.8, 4) is 55.6 Å². The molecule has 0 saturated carbocycles. The van der Waals surface area contributed by atoms with Gasteiger partial charge in [0.2, 0.25) is 0 Å². The zero-order valence-electron chi connectivity index (χ0n) is 61.8. The molecule has 0 radical (unpaired) electrons. The summed E-state index contributed by atoms with van der Waals surface area (Å²) >= 11 is 3.52. The summed E-state index contributed by atoms with van der Waals surface area (Å²) in [4.78, 5) is 0. The molecule has 1 heterocycles. The van der Waals surface area contributed by atoms with E-state index in [1.165, 1.54) is 207 Å². The van der Waals surface area contributed by atoms with Gasteiger partial charge in [0.1, 0.15) is 0 Å². The van der Waals surface area contributed by atoms with Gasteiger partial charge in [0.25, 0.3) is 0 Å². The van der Waals surface area contributed by atoms with Crippen molar-refractivity contribution in [2.75, 3.05) is 0 Å². The van der Waals surface area contributed by atoms with Gasteiger partial charge in [0, 0.05) is 15.3 Å². The minimum atomic E-state index is -0.355. The van der Waals surface area contributed by atoms with Crippen LogP contribution in [-0.2, 0) is 20.1 Å². The summed E-state index contributed by atoms with van der Waals surface area (Å²) in [5.74, 6) is 0. The predicted octanol–water partition coefficient (Wildman–Crippen LogP) is 28.4. The molecule has 2 aliphatic carbocycles. The lowest BCUT2D eigenvalue weighted by molar-refractivity contribution is 0.00578. The summed E-state index contributed by atoms with van der Waals surface area (Å²) in [7, 11) is -0.355. The highest BCUT2D eigenvalue weighted by molar-refractivity contribution is 9.10. The van der Waals surface area contributed by atoms with Gasteiger partial charge in [0.15, 0.2) is 0 Å². The summed E-state index contributed by atoms with van der Waals surface area (Å²) in [6.45, 7) is 17.9. The van der Waals surface area contributed by atoms with Crippen molar-refractivity contribution in [1.29, 1.82) is 0 Å². The van der Waals surface area contributed by atoms with E-state index in [1.807, 2.05) is 0 Å². The molecule has 0 spiro atoms. The number of halogens is 1. The Morgan fingerprint density at radius 3 is 0.944 bits per heavy atom. The maximum Gasteiger partial charge on any atom is 0.494 e. The monoisotopic (exact) mass is 1450 g/mol. The molecular weight excluding hydrogens is 1370 g/mol. The quantitative estimate of drug-likeness (QED) is 0.129. The molecule has 0 bridgehead atoms. The van der Waals surface area contributed by atoms with Crippen molar-refractivity contribution in [3.63, 3.8) is 0 Å². The average molecular weight is 1450 g/mol. The molecule has 4 heteroatoms. The van der Waals surface area contributed by atoms with Gasteiger partial charge in [-0.25, -0.2) is 0 Å². The molecule has 0 aromatic heterocycles. The summed E-state index contributed by atoms with van der Waals surface area (Å²) in [6.07, 6.45) is 0. The van der Waals surface area contributed by atoms with E-state index in [-0.39, 0.29) is 29.2 Å². The van der Waals surface area contributed by atoms with Gasteiger partial charge in [-0.3, -0.25) is 0 Å². The lowest BCUT2D eigenvalue weighted by atomic mass is 9.74. The van der Waals surface area contributed by atoms with Crippen LogP contribution in [-0.4, -0.2) is 18.3 Å². The van der Waals surface area contributed by atoms with Crippen LogP contribution in [0.1, 0.15) is 77.6 Å². The van der Waals surface area contributed by atoms with Crippen LogP contribution in [0.25, 0.3) is 185 Å². The van der Waals surface area contributed by atoms with Crippen LogP contribution in [0.2, 0.25) is 0 Å². The predicted molar refractivity (Wildman–Crippen MR) is 467 cm³/mol. The zero-order valence-corrected chi connectivity index (χ0v) is 63.4. The minimum Gasteiger partial charge on any atom is -0.399 e. The average Bonchev–Trinajstić information content (AvgIpc) is 1.44. The number of hydrogen-bond acceptors (Lipinski definition) is 2. The fourth-order valence-electron chi connectivity index (χ4n) is 19.0. The van der Waals surface area contributed by atoms with Crippen molar-refractivity contribution in [2.24, 2.45) is 0 Å². The van der Waals surface area contributed by atoms with Crippen LogP contribution in [0.4, 0.5) is 0 Å². The highest BCUT2D eigenvalue weighted by atomic mass is 79.9. The first-order valence-corrected chi connectivity index (χ1v) is 38.8. The normalized spacial score (nSPS) is 15.1. The fourth-order valence-corrected chi connectivity index (χ4v) is 19.3. The van der Waals surface area contributed by atoms with Crippen LogP contribution >= 0.6 is 15.9 Å². The summed E-state index contributed by atoms with van der Waals surface area (Å²) < 4.78 is 13.9. The smallest absolute Gasteiger partial charge is 0.399 e. The molecule has 0 amide bonds. The van der Waals surface area contributed by atoms with E-state index in [4.69, 9.17) is 9.31 Å². The summed E-state index contributed by atoms with van der Waals surface area (Å²) in [6, 6.07) is 117. The van der Waals surface area contributed by atoms with Crippen molar-refractivity contribution >= 4 is 158 Å². The SMILES string of the molecule is Brc1ccc(-c2ccc3ccc4cccc5ccc2c3c45)cc1.CC1(C)c2cc(-c3ccc(-c4ccc5ccc6cccc7ccc4c5c67)cc3)ccc2-c2cc3c4ccccc4c4ccccc4c3cc21.CC1(C)c2cc(B3OC(C)(C)C(C)(C)O3)ccc2-c2cc3c4ccccc4c4ccccc4c3cc21. The molecule has 0 unspecified atom stereocenters. The first-order chi connectivity index (χ1) is 52.4. The third-order valence-corrected chi connectivity index (χ3v) is 25.9. The largest absolute Gasteiger partial charge is 0.494 e. The molecule has 20 aromatic rings. The molecule has 1 aliphatic heterocycles. The minimum absolute atomic E-state index is 0.108. The number of fused-ring (bicyclic) bond motifs is 18. The standard InChI is InChI=1S/C49H32.C33H31BO2.C22H13Br/c1-49(2)45-26-34(22-24-40(45)44-27-42-38-12-5-3-10-36(38)37-11-4-6-13-39(37)43(42)28-46(44)49)29-14-16-30(17-15-29)35-23-20-33-19-18-31-8-7-9-32-21-25-41(35)48(33)47(31)32;1-31(2)29-17-20(34-35-32(3,4)33(5,6)36-34)15-16-25(29)28-18-26-23-13-9-7-11-21(23)22-12-8-10-14-24(22)27(26)19-30(28)31;23-18-10-6-14(7-11-18)19-12-8-17-5-4-15-2-1-3-16-9-13-20(19)22(17)21(15)16/h3-28H,1-2H3;7-19H,1-6H3;1-13H. The molecule has 108 heavy (non-hydrogen) atoms. The lowest BCUT2D eigenvalue weighted by Gasteiger charge is -2.32.